The van der Waals surface area contributed by atoms with E-state index in [1.54, 1.807) is 11.8 Å². The average Bonchev–Trinajstić information content (AvgIpc) is 3.11. The number of piperidine rings is 1. The summed E-state index contributed by atoms with van der Waals surface area (Å²) >= 11 is 0. The Morgan fingerprint density at radius 2 is 1.69 bits per heavy atom. The van der Waals surface area contributed by atoms with E-state index in [2.05, 4.69) is 29.6 Å². The van der Waals surface area contributed by atoms with Crippen LogP contribution in [0.15, 0.2) is 48.5 Å². The molecule has 0 bridgehead atoms. The van der Waals surface area contributed by atoms with Crippen LogP contribution < -0.4 is 5.32 Å². The molecule has 4 rings (SSSR count). The van der Waals surface area contributed by atoms with Crippen molar-refractivity contribution in [2.45, 2.75) is 44.7 Å². The molecule has 1 aliphatic carbocycles. The zero-order valence-electron chi connectivity index (χ0n) is 18.3. The van der Waals surface area contributed by atoms with Gasteiger partial charge in [0.05, 0.1) is 5.92 Å². The van der Waals surface area contributed by atoms with Crippen molar-refractivity contribution in [1.29, 1.82) is 0 Å². The zero-order valence-corrected chi connectivity index (χ0v) is 18.3. The van der Waals surface area contributed by atoms with E-state index in [4.69, 9.17) is 4.74 Å². The number of fused-ring (bicyclic) bond motifs is 3. The van der Waals surface area contributed by atoms with Crippen molar-refractivity contribution in [3.63, 3.8) is 0 Å². The van der Waals surface area contributed by atoms with Gasteiger partial charge in [-0.25, -0.2) is 4.79 Å². The summed E-state index contributed by atoms with van der Waals surface area (Å²) in [7, 11) is 0. The number of hydrogen-bond acceptors (Lipinski definition) is 4. The standard InChI is InChI=1S/C25H28N2O5/c1-15-13-17(24(29)30)11-12-27(15)23(28)16(2)26-25(31)32-14-22-20-9-5-3-7-18(20)19-8-4-6-10-21(19)22/h3-10,15-17,22H,11-14H2,1-2H3,(H,26,31)(H,29,30)/t15-,16-,17-/m0/s1. The summed E-state index contributed by atoms with van der Waals surface area (Å²) in [6, 6.07) is 15.3. The van der Waals surface area contributed by atoms with Crippen molar-refractivity contribution in [2.75, 3.05) is 13.2 Å². The van der Waals surface area contributed by atoms with Gasteiger partial charge >= 0.3 is 12.1 Å². The summed E-state index contributed by atoms with van der Waals surface area (Å²) in [6.45, 7) is 4.02. The maximum Gasteiger partial charge on any atom is 0.407 e. The van der Waals surface area contributed by atoms with Crippen LogP contribution in [-0.4, -0.2) is 53.2 Å². The second-order valence-electron chi connectivity index (χ2n) is 8.63. The maximum absolute atomic E-state index is 12.8. The molecule has 1 fully saturated rings. The van der Waals surface area contributed by atoms with Gasteiger partial charge in [-0.2, -0.15) is 0 Å². The molecule has 7 heteroatoms. The highest BCUT2D eigenvalue weighted by atomic mass is 16.5. The van der Waals surface area contributed by atoms with E-state index in [0.717, 1.165) is 22.3 Å². The van der Waals surface area contributed by atoms with Crippen molar-refractivity contribution in [3.8, 4) is 11.1 Å². The third kappa shape index (κ3) is 4.20. The maximum atomic E-state index is 12.8. The highest BCUT2D eigenvalue weighted by molar-refractivity contribution is 5.86. The van der Waals surface area contributed by atoms with Crippen LogP contribution in [0.2, 0.25) is 0 Å². The summed E-state index contributed by atoms with van der Waals surface area (Å²) in [5, 5.41) is 11.8. The number of benzene rings is 2. The number of ether oxygens (including phenoxy) is 1. The Balaban J connectivity index is 1.34. The molecule has 1 saturated heterocycles. The number of carboxylic acids is 1. The fourth-order valence-electron chi connectivity index (χ4n) is 4.85. The number of rotatable bonds is 5. The normalized spacial score (nSPS) is 20.8. The summed E-state index contributed by atoms with van der Waals surface area (Å²) in [6.07, 6.45) is 0.197. The van der Waals surface area contributed by atoms with Gasteiger partial charge in [0, 0.05) is 18.5 Å². The predicted molar refractivity (Wildman–Crippen MR) is 119 cm³/mol. The molecule has 2 N–H and O–H groups in total. The molecule has 0 unspecified atom stereocenters. The van der Waals surface area contributed by atoms with E-state index < -0.39 is 24.0 Å². The summed E-state index contributed by atoms with van der Waals surface area (Å²) in [5.41, 5.74) is 4.56. The van der Waals surface area contributed by atoms with Crippen molar-refractivity contribution < 1.29 is 24.2 Å². The van der Waals surface area contributed by atoms with Gasteiger partial charge in [0.1, 0.15) is 12.6 Å². The molecule has 7 nitrogen and oxygen atoms in total. The lowest BCUT2D eigenvalue weighted by Gasteiger charge is -2.37. The van der Waals surface area contributed by atoms with E-state index in [1.165, 1.54) is 0 Å². The molecule has 168 valence electrons. The number of hydrogen-bond donors (Lipinski definition) is 2. The summed E-state index contributed by atoms with van der Waals surface area (Å²) in [4.78, 5) is 38.1. The van der Waals surface area contributed by atoms with Gasteiger partial charge < -0.3 is 20.1 Å². The van der Waals surface area contributed by atoms with Crippen LogP contribution in [0, 0.1) is 5.92 Å². The van der Waals surface area contributed by atoms with Crippen LogP contribution in [-0.2, 0) is 14.3 Å². The molecule has 1 aliphatic heterocycles. The number of aliphatic carboxylic acids is 1. The topological polar surface area (TPSA) is 95.9 Å². The number of likely N-dealkylation sites (tertiary alicyclic amines) is 1. The number of alkyl carbamates (subject to hydrolysis) is 1. The molecule has 2 aromatic rings. The molecule has 0 radical (unpaired) electrons. The molecular formula is C25H28N2O5. The van der Waals surface area contributed by atoms with Crippen LogP contribution in [0.3, 0.4) is 0 Å². The van der Waals surface area contributed by atoms with Gasteiger partial charge in [-0.05, 0) is 48.9 Å². The first-order chi connectivity index (χ1) is 15.4. The van der Waals surface area contributed by atoms with E-state index in [0.29, 0.717) is 19.4 Å². The number of nitrogens with one attached hydrogen (secondary N) is 1. The Bertz CT molecular complexity index is 991. The minimum Gasteiger partial charge on any atom is -0.481 e. The first kappa shape index (κ1) is 21.9. The SMILES string of the molecule is C[C@H](NC(=O)OCC1c2ccccc2-c2ccccc21)C(=O)N1CC[C@H](C(=O)O)C[C@@H]1C. The van der Waals surface area contributed by atoms with Crippen LogP contribution in [0.4, 0.5) is 4.79 Å². The first-order valence-corrected chi connectivity index (χ1v) is 11.0. The Labute approximate surface area is 187 Å². The Hall–Kier alpha value is -3.35. The van der Waals surface area contributed by atoms with Crippen molar-refractivity contribution in [3.05, 3.63) is 59.7 Å². The fourth-order valence-corrected chi connectivity index (χ4v) is 4.85. The van der Waals surface area contributed by atoms with Crippen molar-refractivity contribution in [2.24, 2.45) is 5.92 Å². The lowest BCUT2D eigenvalue weighted by Crippen LogP contribution is -2.53. The van der Waals surface area contributed by atoms with Gasteiger partial charge in [-0.3, -0.25) is 9.59 Å². The zero-order chi connectivity index (χ0) is 22.8. The molecule has 0 spiro atoms. The van der Waals surface area contributed by atoms with Gasteiger partial charge in [0.2, 0.25) is 5.91 Å². The van der Waals surface area contributed by atoms with Gasteiger partial charge in [0.15, 0.2) is 0 Å². The third-order valence-electron chi connectivity index (χ3n) is 6.56. The number of amides is 2. The Kier molecular flexibility index (Phi) is 6.17. The highest BCUT2D eigenvalue weighted by Gasteiger charge is 2.35. The number of carbonyl (C=O) groups excluding carboxylic acids is 2. The van der Waals surface area contributed by atoms with Gasteiger partial charge in [-0.1, -0.05) is 48.5 Å². The Morgan fingerprint density at radius 1 is 1.09 bits per heavy atom. The predicted octanol–water partition coefficient (Wildman–Crippen LogP) is 3.63. The largest absolute Gasteiger partial charge is 0.481 e. The summed E-state index contributed by atoms with van der Waals surface area (Å²) in [5.74, 6) is -1.53. The van der Waals surface area contributed by atoms with Crippen LogP contribution in [0.5, 0.6) is 0 Å². The second kappa shape index (κ2) is 9.02. The van der Waals surface area contributed by atoms with Crippen LogP contribution in [0.25, 0.3) is 11.1 Å². The van der Waals surface area contributed by atoms with E-state index in [9.17, 15) is 19.5 Å². The minimum absolute atomic E-state index is 0.0470. The van der Waals surface area contributed by atoms with E-state index >= 15 is 0 Å². The molecule has 2 aromatic carbocycles. The van der Waals surface area contributed by atoms with Crippen LogP contribution >= 0.6 is 0 Å². The molecule has 2 amide bonds. The molecule has 0 aromatic heterocycles. The monoisotopic (exact) mass is 436 g/mol. The fraction of sp³-hybridized carbons (Fsp3) is 0.400. The molecular weight excluding hydrogens is 408 g/mol. The van der Waals surface area contributed by atoms with E-state index in [-0.39, 0.29) is 24.5 Å². The van der Waals surface area contributed by atoms with Crippen LogP contribution in [0.1, 0.15) is 43.7 Å². The van der Waals surface area contributed by atoms with Crippen molar-refractivity contribution >= 4 is 18.0 Å². The second-order valence-corrected chi connectivity index (χ2v) is 8.63. The molecule has 1 heterocycles. The lowest BCUT2D eigenvalue weighted by molar-refractivity contribution is -0.147. The minimum atomic E-state index is -0.825. The summed E-state index contributed by atoms with van der Waals surface area (Å²) < 4.78 is 5.52. The lowest BCUT2D eigenvalue weighted by atomic mass is 9.91. The van der Waals surface area contributed by atoms with Gasteiger partial charge in [0.25, 0.3) is 0 Å². The first-order valence-electron chi connectivity index (χ1n) is 11.0. The molecule has 2 aliphatic rings. The molecule has 0 saturated carbocycles. The van der Waals surface area contributed by atoms with Gasteiger partial charge in [-0.15, -0.1) is 0 Å². The quantitative estimate of drug-likeness (QED) is 0.746. The third-order valence-corrected chi connectivity index (χ3v) is 6.56. The number of carboxylic acid groups (broad SMARTS) is 1. The Morgan fingerprint density at radius 3 is 2.25 bits per heavy atom. The average molecular weight is 437 g/mol. The number of nitrogens with zero attached hydrogens (tertiary/aromatic N) is 1. The smallest absolute Gasteiger partial charge is 0.407 e. The van der Waals surface area contributed by atoms with E-state index in [1.807, 2.05) is 31.2 Å². The highest BCUT2D eigenvalue weighted by Crippen LogP contribution is 2.44. The molecule has 3 atom stereocenters. The molecule has 32 heavy (non-hydrogen) atoms. The van der Waals surface area contributed by atoms with Crippen molar-refractivity contribution in [1.82, 2.24) is 10.2 Å². The number of carbonyl (C=O) groups is 3.